The van der Waals surface area contributed by atoms with Gasteiger partial charge in [-0.05, 0) is 58.3 Å². The topological polar surface area (TPSA) is 39.5 Å². The number of nitrogens with zero attached hydrogens (tertiary/aromatic N) is 3. The van der Waals surface area contributed by atoms with Crippen LogP contribution in [0, 0.1) is 3.57 Å². The van der Waals surface area contributed by atoms with Gasteiger partial charge in [-0.25, -0.2) is 4.98 Å². The molecule has 0 saturated carbocycles. The highest BCUT2D eigenvalue weighted by atomic mass is 127. The van der Waals surface area contributed by atoms with Crippen molar-refractivity contribution in [1.29, 1.82) is 0 Å². The summed E-state index contributed by atoms with van der Waals surface area (Å²) in [6, 6.07) is 25.4. The first-order chi connectivity index (χ1) is 17.2. The monoisotopic (exact) mass is 579 g/mol. The molecule has 0 saturated heterocycles. The molecule has 3 aromatic carbocycles. The Kier molecular flexibility index (Phi) is 7.69. The Balaban J connectivity index is 1.45. The summed E-state index contributed by atoms with van der Waals surface area (Å²) in [6.45, 7) is 5.97. The van der Waals surface area contributed by atoms with Gasteiger partial charge in [0.15, 0.2) is 11.5 Å². The summed E-state index contributed by atoms with van der Waals surface area (Å²) in [7, 11) is 0. The van der Waals surface area contributed by atoms with Gasteiger partial charge >= 0.3 is 0 Å². The maximum absolute atomic E-state index is 5.64. The quantitative estimate of drug-likeness (QED) is 0.192. The number of benzene rings is 3. The lowest BCUT2D eigenvalue weighted by atomic mass is 10.1. The summed E-state index contributed by atoms with van der Waals surface area (Å²) < 4.78 is 14.8. The molecule has 0 unspecified atom stereocenters. The minimum absolute atomic E-state index is 0.295. The fraction of sp³-hybridized carbons (Fsp3) is 0.276. The molecule has 0 radical (unpaired) electrons. The average Bonchev–Trinajstić information content (AvgIpc) is 3.51. The zero-order chi connectivity index (χ0) is 24.0. The van der Waals surface area contributed by atoms with E-state index in [1.807, 2.05) is 6.07 Å². The first kappa shape index (κ1) is 23.9. The van der Waals surface area contributed by atoms with Crippen molar-refractivity contribution in [2.75, 3.05) is 6.79 Å². The molecule has 0 spiro atoms. The molecule has 4 aromatic rings. The van der Waals surface area contributed by atoms with E-state index in [-0.39, 0.29) is 0 Å². The standard InChI is InChI=1S/C29H30IN3O2/c1-2-3-15-33-25(17-31-29(33)23-9-5-4-6-10-23)20-32(19-24-11-7-8-12-26(24)30)18-22-13-14-27-28(16-22)35-21-34-27/h4-14,16-17H,2-3,15,18-21H2,1H3. The molecular weight excluding hydrogens is 549 g/mol. The number of fused-ring (bicyclic) bond motifs is 1. The van der Waals surface area contributed by atoms with Crippen LogP contribution < -0.4 is 9.47 Å². The van der Waals surface area contributed by atoms with Crippen LogP contribution in [0.15, 0.2) is 79.0 Å². The minimum Gasteiger partial charge on any atom is -0.454 e. The Morgan fingerprint density at radius 1 is 0.914 bits per heavy atom. The van der Waals surface area contributed by atoms with Crippen LogP contribution >= 0.6 is 22.6 Å². The van der Waals surface area contributed by atoms with Crippen LogP contribution in [0.5, 0.6) is 11.5 Å². The number of hydrogen-bond donors (Lipinski definition) is 0. The van der Waals surface area contributed by atoms with Crippen LogP contribution in [0.25, 0.3) is 11.4 Å². The Bertz CT molecular complexity index is 1270. The molecule has 0 amide bonds. The fourth-order valence-corrected chi connectivity index (χ4v) is 5.04. The molecule has 1 aromatic heterocycles. The summed E-state index contributed by atoms with van der Waals surface area (Å²) in [5.74, 6) is 2.70. The van der Waals surface area contributed by atoms with E-state index in [1.165, 1.54) is 20.4 Å². The number of imidazole rings is 1. The van der Waals surface area contributed by atoms with Gasteiger partial charge in [0, 0.05) is 35.3 Å². The summed E-state index contributed by atoms with van der Waals surface area (Å²) in [6.07, 6.45) is 4.33. The highest BCUT2D eigenvalue weighted by Crippen LogP contribution is 2.33. The van der Waals surface area contributed by atoms with Gasteiger partial charge < -0.3 is 14.0 Å². The number of aromatic nitrogens is 2. The van der Waals surface area contributed by atoms with Gasteiger partial charge in [-0.2, -0.15) is 0 Å². The van der Waals surface area contributed by atoms with Gasteiger partial charge in [-0.1, -0.05) is 67.9 Å². The third-order valence-corrected chi connectivity index (χ3v) is 7.34. The van der Waals surface area contributed by atoms with Crippen molar-refractivity contribution in [3.8, 4) is 22.9 Å². The maximum Gasteiger partial charge on any atom is 0.231 e. The normalized spacial score (nSPS) is 12.4. The first-order valence-corrected chi connectivity index (χ1v) is 13.2. The lowest BCUT2D eigenvalue weighted by Gasteiger charge is -2.24. The minimum atomic E-state index is 0.295. The van der Waals surface area contributed by atoms with Gasteiger partial charge in [0.2, 0.25) is 6.79 Å². The van der Waals surface area contributed by atoms with Crippen molar-refractivity contribution in [2.24, 2.45) is 0 Å². The van der Waals surface area contributed by atoms with E-state index in [9.17, 15) is 0 Å². The maximum atomic E-state index is 5.64. The number of ether oxygens (including phenoxy) is 2. The fourth-order valence-electron chi connectivity index (χ4n) is 4.48. The SMILES string of the molecule is CCCCn1c(CN(Cc2ccc3c(c2)OCO3)Cc2ccccc2I)cnc1-c1ccccc1. The van der Waals surface area contributed by atoms with E-state index in [2.05, 4.69) is 112 Å². The van der Waals surface area contributed by atoms with Gasteiger partial charge in [-0.3, -0.25) is 4.90 Å². The molecule has 180 valence electrons. The number of hydrogen-bond acceptors (Lipinski definition) is 4. The van der Waals surface area contributed by atoms with Crippen molar-refractivity contribution >= 4 is 22.6 Å². The molecule has 2 heterocycles. The smallest absolute Gasteiger partial charge is 0.231 e. The average molecular weight is 579 g/mol. The molecule has 35 heavy (non-hydrogen) atoms. The Morgan fingerprint density at radius 3 is 2.54 bits per heavy atom. The lowest BCUT2D eigenvalue weighted by Crippen LogP contribution is -2.24. The van der Waals surface area contributed by atoms with Crippen LogP contribution in [-0.2, 0) is 26.2 Å². The van der Waals surface area contributed by atoms with Crippen LogP contribution in [0.2, 0.25) is 0 Å². The van der Waals surface area contributed by atoms with E-state index in [0.717, 1.165) is 61.9 Å². The van der Waals surface area contributed by atoms with E-state index < -0.39 is 0 Å². The van der Waals surface area contributed by atoms with Crippen molar-refractivity contribution in [1.82, 2.24) is 14.5 Å². The molecular formula is C29H30IN3O2. The van der Waals surface area contributed by atoms with Crippen molar-refractivity contribution in [3.05, 3.63) is 99.4 Å². The van der Waals surface area contributed by atoms with Crippen molar-refractivity contribution in [2.45, 2.75) is 45.9 Å². The molecule has 0 aliphatic carbocycles. The summed E-state index contributed by atoms with van der Waals surface area (Å²) in [4.78, 5) is 7.36. The zero-order valence-electron chi connectivity index (χ0n) is 20.0. The number of halogens is 1. The van der Waals surface area contributed by atoms with Gasteiger partial charge in [0.05, 0.1) is 11.9 Å². The van der Waals surface area contributed by atoms with Gasteiger partial charge in [0.1, 0.15) is 5.82 Å². The van der Waals surface area contributed by atoms with Crippen LogP contribution in [0.3, 0.4) is 0 Å². The first-order valence-electron chi connectivity index (χ1n) is 12.2. The molecule has 6 heteroatoms. The van der Waals surface area contributed by atoms with Gasteiger partial charge in [-0.15, -0.1) is 0 Å². The molecule has 5 nitrogen and oxygen atoms in total. The van der Waals surface area contributed by atoms with Crippen LogP contribution in [-0.4, -0.2) is 21.2 Å². The lowest BCUT2D eigenvalue weighted by molar-refractivity contribution is 0.174. The molecule has 0 fully saturated rings. The number of rotatable bonds is 10. The van der Waals surface area contributed by atoms with Crippen LogP contribution in [0.1, 0.15) is 36.6 Å². The Hall–Kier alpha value is -2.84. The summed E-state index contributed by atoms with van der Waals surface area (Å²) in [5, 5.41) is 0. The third-order valence-electron chi connectivity index (χ3n) is 6.29. The predicted molar refractivity (Wildman–Crippen MR) is 147 cm³/mol. The van der Waals surface area contributed by atoms with Crippen LogP contribution in [0.4, 0.5) is 0 Å². The molecule has 1 aliphatic heterocycles. The summed E-state index contributed by atoms with van der Waals surface area (Å²) in [5.41, 5.74) is 4.94. The highest BCUT2D eigenvalue weighted by molar-refractivity contribution is 14.1. The van der Waals surface area contributed by atoms with E-state index >= 15 is 0 Å². The van der Waals surface area contributed by atoms with E-state index in [1.54, 1.807) is 0 Å². The molecule has 1 aliphatic rings. The number of unbranched alkanes of at least 4 members (excludes halogenated alkanes) is 1. The third kappa shape index (κ3) is 5.70. The largest absolute Gasteiger partial charge is 0.454 e. The van der Waals surface area contributed by atoms with Crippen molar-refractivity contribution < 1.29 is 9.47 Å². The molecule has 0 N–H and O–H groups in total. The summed E-state index contributed by atoms with van der Waals surface area (Å²) >= 11 is 2.44. The Morgan fingerprint density at radius 2 is 1.71 bits per heavy atom. The predicted octanol–water partition coefficient (Wildman–Crippen LogP) is 6.89. The van der Waals surface area contributed by atoms with E-state index in [4.69, 9.17) is 14.5 Å². The molecule has 0 bridgehead atoms. The highest BCUT2D eigenvalue weighted by Gasteiger charge is 2.18. The van der Waals surface area contributed by atoms with Gasteiger partial charge in [0.25, 0.3) is 0 Å². The second kappa shape index (κ2) is 11.3. The Labute approximate surface area is 220 Å². The zero-order valence-corrected chi connectivity index (χ0v) is 22.1. The second-order valence-electron chi connectivity index (χ2n) is 8.87. The van der Waals surface area contributed by atoms with Crippen molar-refractivity contribution in [3.63, 3.8) is 0 Å². The molecule has 5 rings (SSSR count). The molecule has 0 atom stereocenters. The second-order valence-corrected chi connectivity index (χ2v) is 10.0. The van der Waals surface area contributed by atoms with E-state index in [0.29, 0.717) is 6.79 Å².